The average Bonchev–Trinajstić information content (AvgIpc) is 3.10. The van der Waals surface area contributed by atoms with Crippen molar-refractivity contribution in [2.24, 2.45) is 40.2 Å². The summed E-state index contributed by atoms with van der Waals surface area (Å²) in [6, 6.07) is 3.05. The molecule has 0 radical (unpaired) electrons. The summed E-state index contributed by atoms with van der Waals surface area (Å²) < 4.78 is 11.3. The van der Waals surface area contributed by atoms with Crippen molar-refractivity contribution >= 4 is 0 Å². The van der Waals surface area contributed by atoms with Gasteiger partial charge in [0.05, 0.1) is 24.0 Å². The highest BCUT2D eigenvalue weighted by Crippen LogP contribution is 2.70. The molecule has 6 nitrogen and oxygen atoms in total. The van der Waals surface area contributed by atoms with Crippen LogP contribution in [0.1, 0.15) is 97.0 Å². The molecule has 1 aromatic heterocycles. The van der Waals surface area contributed by atoms with Crippen LogP contribution in [0.2, 0.25) is 0 Å². The molecule has 1 aromatic rings. The summed E-state index contributed by atoms with van der Waals surface area (Å²) in [5.41, 5.74) is 6.18. The van der Waals surface area contributed by atoms with E-state index >= 15 is 0 Å². The third kappa shape index (κ3) is 3.94. The first kappa shape index (κ1) is 25.4. The van der Waals surface area contributed by atoms with Gasteiger partial charge in [0.2, 0.25) is 0 Å². The van der Waals surface area contributed by atoms with Crippen molar-refractivity contribution in [2.75, 3.05) is 0 Å². The summed E-state index contributed by atoms with van der Waals surface area (Å²) in [4.78, 5) is 11.5. The Morgan fingerprint density at radius 2 is 1.83 bits per heavy atom. The van der Waals surface area contributed by atoms with Crippen LogP contribution in [-0.2, 0) is 4.74 Å². The third-order valence-electron chi connectivity index (χ3n) is 11.4. The lowest BCUT2D eigenvalue weighted by atomic mass is 9.43. The van der Waals surface area contributed by atoms with Gasteiger partial charge in [0.15, 0.2) is 6.29 Å². The Hall–Kier alpha value is -1.21. The maximum absolute atomic E-state index is 12.4. The van der Waals surface area contributed by atoms with E-state index in [-0.39, 0.29) is 40.4 Å². The monoisotopic (exact) mass is 487 g/mol. The molecule has 196 valence electrons. The smallest absolute Gasteiger partial charge is 0.335 e. The lowest BCUT2D eigenvalue weighted by molar-refractivity contribution is -0.219. The van der Waals surface area contributed by atoms with Gasteiger partial charge in [-0.2, -0.15) is 0 Å². The number of hydrogen-bond donors (Lipinski definition) is 3. The molecule has 6 heteroatoms. The van der Waals surface area contributed by atoms with Crippen molar-refractivity contribution in [1.29, 1.82) is 0 Å². The quantitative estimate of drug-likeness (QED) is 0.526. The van der Waals surface area contributed by atoms with Crippen molar-refractivity contribution in [3.8, 4) is 0 Å². The summed E-state index contributed by atoms with van der Waals surface area (Å²) in [7, 11) is 0. The van der Waals surface area contributed by atoms with E-state index in [4.69, 9.17) is 14.9 Å². The molecule has 4 saturated carbocycles. The van der Waals surface area contributed by atoms with Gasteiger partial charge >= 0.3 is 5.63 Å². The van der Waals surface area contributed by atoms with Crippen molar-refractivity contribution in [2.45, 2.75) is 115 Å². The van der Waals surface area contributed by atoms with Gasteiger partial charge in [-0.25, -0.2) is 4.79 Å². The number of aliphatic hydroxyl groups excluding tert-OH is 1. The van der Waals surface area contributed by atoms with Crippen molar-refractivity contribution in [3.05, 3.63) is 34.4 Å². The number of ether oxygens (including phenoxy) is 1. The van der Waals surface area contributed by atoms with Gasteiger partial charge in [0.25, 0.3) is 0 Å². The maximum Gasteiger partial charge on any atom is 0.335 e. The molecule has 0 saturated heterocycles. The SMILES string of the molecule is CC(C)C(N)C(O)O[C@H]1CC[C@@]2(C)[C@H](CC[C@@H]3[C@@H]2CC[C@]2(C)[C@@H](c4ccc(=O)oc4)CC[C@]32O)C1. The standard InChI is InChI=1S/C29H45NO5/c1-17(2)25(30)26(32)35-20-9-12-27(3)19(15-20)6-7-23-22(27)10-13-28(4)21(11-14-29(23,28)33)18-5-8-24(31)34-16-18/h5,8,16-17,19-23,25-26,32-33H,6-7,9-15,30H2,1-4H3/t19-,20+,21-,22+,23-,25?,26?,27+,28-,29+/m1/s1. The van der Waals surface area contributed by atoms with E-state index in [1.807, 2.05) is 19.9 Å². The number of aliphatic hydroxyl groups is 2. The van der Waals surface area contributed by atoms with Crippen LogP contribution in [0.4, 0.5) is 0 Å². The summed E-state index contributed by atoms with van der Waals surface area (Å²) in [5, 5.41) is 22.9. The summed E-state index contributed by atoms with van der Waals surface area (Å²) >= 11 is 0. The Bertz CT molecular complexity index is 958. The highest BCUT2D eigenvalue weighted by Gasteiger charge is 2.67. The van der Waals surface area contributed by atoms with Gasteiger partial charge in [-0.05, 0) is 104 Å². The Balaban J connectivity index is 1.33. The van der Waals surface area contributed by atoms with Crippen LogP contribution in [0.25, 0.3) is 0 Å². The molecule has 4 fully saturated rings. The Morgan fingerprint density at radius 1 is 1.06 bits per heavy atom. The van der Waals surface area contributed by atoms with E-state index in [1.165, 1.54) is 6.07 Å². The van der Waals surface area contributed by atoms with Crippen molar-refractivity contribution in [1.82, 2.24) is 0 Å². The summed E-state index contributed by atoms with van der Waals surface area (Å²) in [6.07, 6.45) is 9.81. The van der Waals surface area contributed by atoms with Gasteiger partial charge in [-0.1, -0.05) is 27.7 Å². The molecule has 0 spiro atoms. The number of nitrogens with two attached hydrogens (primary N) is 1. The minimum absolute atomic E-state index is 0.0602. The number of fused-ring (bicyclic) bond motifs is 5. The first-order valence-electron chi connectivity index (χ1n) is 13.9. The second-order valence-electron chi connectivity index (χ2n) is 13.1. The summed E-state index contributed by atoms with van der Waals surface area (Å²) in [6.45, 7) is 8.77. The average molecular weight is 488 g/mol. The van der Waals surface area contributed by atoms with E-state index < -0.39 is 11.9 Å². The van der Waals surface area contributed by atoms with Gasteiger partial charge in [-0.15, -0.1) is 0 Å². The van der Waals surface area contributed by atoms with E-state index in [0.29, 0.717) is 17.8 Å². The van der Waals surface area contributed by atoms with Gasteiger partial charge in [0.1, 0.15) is 0 Å². The minimum atomic E-state index is -0.908. The zero-order valence-electron chi connectivity index (χ0n) is 21.9. The van der Waals surface area contributed by atoms with E-state index in [9.17, 15) is 15.0 Å². The summed E-state index contributed by atoms with van der Waals surface area (Å²) in [5.74, 6) is 1.77. The molecule has 0 bridgehead atoms. The molecule has 4 N–H and O–H groups in total. The van der Waals surface area contributed by atoms with Crippen LogP contribution in [0.3, 0.4) is 0 Å². The topological polar surface area (TPSA) is 106 Å². The minimum Gasteiger partial charge on any atom is -0.431 e. The van der Waals surface area contributed by atoms with Crippen LogP contribution in [0, 0.1) is 34.5 Å². The molecular formula is C29H45NO5. The first-order chi connectivity index (χ1) is 16.5. The Morgan fingerprint density at radius 3 is 2.51 bits per heavy atom. The molecule has 4 aliphatic rings. The molecular weight excluding hydrogens is 442 g/mol. The van der Waals surface area contributed by atoms with Crippen molar-refractivity contribution in [3.63, 3.8) is 0 Å². The highest BCUT2D eigenvalue weighted by atomic mass is 16.6. The largest absolute Gasteiger partial charge is 0.431 e. The van der Waals surface area contributed by atoms with E-state index in [1.54, 1.807) is 6.26 Å². The van der Waals surface area contributed by atoms with E-state index in [2.05, 4.69) is 13.8 Å². The van der Waals surface area contributed by atoms with Crippen LogP contribution in [-0.4, -0.2) is 34.2 Å². The molecule has 2 unspecified atom stereocenters. The molecule has 5 rings (SSSR count). The zero-order valence-corrected chi connectivity index (χ0v) is 21.9. The van der Waals surface area contributed by atoms with Crippen molar-refractivity contribution < 1.29 is 19.4 Å². The normalized spacial score (nSPS) is 44.9. The molecule has 35 heavy (non-hydrogen) atoms. The second kappa shape index (κ2) is 8.97. The maximum atomic E-state index is 12.4. The predicted octanol–water partition coefficient (Wildman–Crippen LogP) is 4.57. The van der Waals surface area contributed by atoms with Gasteiger partial charge in [0, 0.05) is 11.5 Å². The van der Waals surface area contributed by atoms with Crippen LogP contribution >= 0.6 is 0 Å². The molecule has 1 heterocycles. The zero-order chi connectivity index (χ0) is 25.2. The first-order valence-corrected chi connectivity index (χ1v) is 13.9. The molecule has 4 aliphatic carbocycles. The predicted molar refractivity (Wildman–Crippen MR) is 135 cm³/mol. The fourth-order valence-corrected chi connectivity index (χ4v) is 9.03. The van der Waals surface area contributed by atoms with Gasteiger partial charge in [-0.3, -0.25) is 0 Å². The van der Waals surface area contributed by atoms with Crippen LogP contribution in [0.5, 0.6) is 0 Å². The van der Waals surface area contributed by atoms with Crippen LogP contribution in [0.15, 0.2) is 27.6 Å². The highest BCUT2D eigenvalue weighted by molar-refractivity contribution is 5.27. The Kier molecular flexibility index (Phi) is 6.52. The van der Waals surface area contributed by atoms with Crippen LogP contribution < -0.4 is 11.4 Å². The lowest BCUT2D eigenvalue weighted by Crippen LogP contribution is -2.62. The third-order valence-corrected chi connectivity index (χ3v) is 11.4. The fraction of sp³-hybridized carbons (Fsp3) is 0.828. The Labute approximate surface area is 209 Å². The molecule has 0 aliphatic heterocycles. The fourth-order valence-electron chi connectivity index (χ4n) is 9.03. The van der Waals surface area contributed by atoms with E-state index in [0.717, 1.165) is 63.4 Å². The lowest BCUT2D eigenvalue weighted by Gasteiger charge is -2.63. The molecule has 0 amide bonds. The number of hydrogen-bond acceptors (Lipinski definition) is 6. The molecule has 0 aromatic carbocycles. The van der Waals surface area contributed by atoms with Gasteiger partial charge < -0.3 is 25.1 Å². The second-order valence-corrected chi connectivity index (χ2v) is 13.1. The number of rotatable bonds is 5. The molecule has 10 atom stereocenters.